The average Bonchev–Trinajstić information content (AvgIpc) is 2.89. The van der Waals surface area contributed by atoms with E-state index in [0.717, 1.165) is 38.3 Å². The number of hydrogen-bond donors (Lipinski definition) is 1. The summed E-state index contributed by atoms with van der Waals surface area (Å²) in [6.45, 7) is 9.99. The molecule has 1 unspecified atom stereocenters. The highest BCUT2D eigenvalue weighted by atomic mass is 16.3. The maximum Gasteiger partial charge on any atom is 0.163 e. The number of rotatable bonds is 5. The van der Waals surface area contributed by atoms with E-state index >= 15 is 0 Å². The third-order valence-electron chi connectivity index (χ3n) is 4.22. The van der Waals surface area contributed by atoms with Crippen molar-refractivity contribution in [3.05, 3.63) is 23.8 Å². The van der Waals surface area contributed by atoms with Crippen LogP contribution in [0.15, 0.2) is 18.2 Å². The van der Waals surface area contributed by atoms with Crippen molar-refractivity contribution in [2.45, 2.75) is 33.2 Å². The van der Waals surface area contributed by atoms with Crippen LogP contribution >= 0.6 is 0 Å². The highest BCUT2D eigenvalue weighted by Gasteiger charge is 2.26. The third-order valence-corrected chi connectivity index (χ3v) is 4.22. The van der Waals surface area contributed by atoms with Crippen LogP contribution in [0.3, 0.4) is 0 Å². The van der Waals surface area contributed by atoms with E-state index in [4.69, 9.17) is 0 Å². The molecule has 4 heteroatoms. The van der Waals surface area contributed by atoms with E-state index in [0.29, 0.717) is 11.6 Å². The van der Waals surface area contributed by atoms with Gasteiger partial charge in [0.15, 0.2) is 5.78 Å². The summed E-state index contributed by atoms with van der Waals surface area (Å²) in [5.41, 5.74) is 1.40. The first-order valence-electron chi connectivity index (χ1n) is 7.39. The first-order valence-corrected chi connectivity index (χ1v) is 7.39. The fourth-order valence-electron chi connectivity index (χ4n) is 3.03. The number of carbonyl (C=O) groups excluding carboxylic acids is 1. The van der Waals surface area contributed by atoms with E-state index < -0.39 is 0 Å². The number of nitrogens with zero attached hydrogens (tertiary/aromatic N) is 2. The van der Waals surface area contributed by atoms with Crippen LogP contribution in [0, 0.1) is 0 Å². The van der Waals surface area contributed by atoms with Crippen LogP contribution in [-0.2, 0) is 0 Å². The topological polar surface area (TPSA) is 43.8 Å². The average molecular weight is 276 g/mol. The van der Waals surface area contributed by atoms with Gasteiger partial charge in [-0.05, 0) is 38.6 Å². The smallest absolute Gasteiger partial charge is 0.163 e. The predicted octanol–water partition coefficient (Wildman–Crippen LogP) is 2.52. The fourth-order valence-corrected chi connectivity index (χ4v) is 3.03. The molecular formula is C16H24N2O2. The zero-order valence-electron chi connectivity index (χ0n) is 12.6. The van der Waals surface area contributed by atoms with Crippen LogP contribution in [-0.4, -0.2) is 48.0 Å². The van der Waals surface area contributed by atoms with Crippen molar-refractivity contribution in [1.82, 2.24) is 4.90 Å². The molecule has 1 atom stereocenters. The van der Waals surface area contributed by atoms with Crippen molar-refractivity contribution in [1.29, 1.82) is 0 Å². The lowest BCUT2D eigenvalue weighted by atomic mass is 10.1. The molecule has 1 aliphatic heterocycles. The van der Waals surface area contributed by atoms with Gasteiger partial charge in [-0.2, -0.15) is 0 Å². The second-order valence-electron chi connectivity index (χ2n) is 5.37. The summed E-state index contributed by atoms with van der Waals surface area (Å²) in [7, 11) is 0. The number of Topliss-reactive ketones (excluding diaryl/α,β-unsaturated/α-hetero) is 1. The molecular weight excluding hydrogens is 252 g/mol. The molecule has 110 valence electrons. The van der Waals surface area contributed by atoms with Crippen molar-refractivity contribution >= 4 is 11.5 Å². The summed E-state index contributed by atoms with van der Waals surface area (Å²) < 4.78 is 0. The Morgan fingerprint density at radius 1 is 1.40 bits per heavy atom. The lowest BCUT2D eigenvalue weighted by Crippen LogP contribution is -2.37. The molecule has 0 aliphatic carbocycles. The van der Waals surface area contributed by atoms with Crippen LogP contribution in [0.4, 0.5) is 5.69 Å². The molecule has 1 heterocycles. The molecule has 1 saturated heterocycles. The Morgan fingerprint density at radius 3 is 2.65 bits per heavy atom. The standard InChI is InChI=1S/C16H24N2O2/c1-4-17(5-2)14-8-9-18(11-14)13-6-7-15(12(3)19)16(20)10-13/h6-7,10,14,20H,4-5,8-9,11H2,1-3H3. The van der Waals surface area contributed by atoms with E-state index in [1.165, 1.54) is 6.92 Å². The van der Waals surface area contributed by atoms with Gasteiger partial charge in [-0.15, -0.1) is 0 Å². The number of ketones is 1. The number of carbonyl (C=O) groups is 1. The van der Waals surface area contributed by atoms with Crippen molar-refractivity contribution in [2.75, 3.05) is 31.1 Å². The summed E-state index contributed by atoms with van der Waals surface area (Å²) in [6, 6.07) is 5.94. The Bertz CT molecular complexity index is 483. The molecule has 0 spiro atoms. The van der Waals surface area contributed by atoms with Gasteiger partial charge in [0.25, 0.3) is 0 Å². The lowest BCUT2D eigenvalue weighted by Gasteiger charge is -2.26. The van der Waals surface area contributed by atoms with Crippen LogP contribution < -0.4 is 4.90 Å². The fraction of sp³-hybridized carbons (Fsp3) is 0.562. The maximum atomic E-state index is 11.3. The van der Waals surface area contributed by atoms with Crippen LogP contribution in [0.5, 0.6) is 5.75 Å². The SMILES string of the molecule is CCN(CC)C1CCN(c2ccc(C(C)=O)c(O)c2)C1. The predicted molar refractivity (Wildman–Crippen MR) is 81.7 cm³/mol. The molecule has 1 N–H and O–H groups in total. The lowest BCUT2D eigenvalue weighted by molar-refractivity contribution is 0.101. The number of phenols is 1. The highest BCUT2D eigenvalue weighted by Crippen LogP contribution is 2.28. The summed E-state index contributed by atoms with van der Waals surface area (Å²) >= 11 is 0. The first-order chi connectivity index (χ1) is 9.56. The molecule has 0 saturated carbocycles. The Morgan fingerprint density at radius 2 is 2.10 bits per heavy atom. The summed E-state index contributed by atoms with van der Waals surface area (Å²) in [5.74, 6) is -0.0159. The normalized spacial score (nSPS) is 18.8. The van der Waals surface area contributed by atoms with Crippen molar-refractivity contribution in [2.24, 2.45) is 0 Å². The number of aromatic hydroxyl groups is 1. The molecule has 1 fully saturated rings. The second kappa shape index (κ2) is 6.27. The minimum absolute atomic E-state index is 0.0845. The van der Waals surface area contributed by atoms with Crippen LogP contribution in [0.2, 0.25) is 0 Å². The van der Waals surface area contributed by atoms with Crippen LogP contribution in [0.25, 0.3) is 0 Å². The van der Waals surface area contributed by atoms with Gasteiger partial charge in [0.05, 0.1) is 5.56 Å². The van der Waals surface area contributed by atoms with E-state index in [9.17, 15) is 9.90 Å². The van der Waals surface area contributed by atoms with Gasteiger partial charge in [-0.3, -0.25) is 9.69 Å². The van der Waals surface area contributed by atoms with Gasteiger partial charge >= 0.3 is 0 Å². The van der Waals surface area contributed by atoms with Gasteiger partial charge in [-0.25, -0.2) is 0 Å². The number of benzene rings is 1. The zero-order chi connectivity index (χ0) is 14.7. The minimum Gasteiger partial charge on any atom is -0.507 e. The number of phenolic OH excluding ortho intramolecular Hbond substituents is 1. The van der Waals surface area contributed by atoms with Gasteiger partial charge in [-0.1, -0.05) is 13.8 Å². The van der Waals surface area contributed by atoms with Gasteiger partial charge < -0.3 is 10.0 Å². The van der Waals surface area contributed by atoms with Crippen molar-refractivity contribution < 1.29 is 9.90 Å². The van der Waals surface area contributed by atoms with E-state index in [2.05, 4.69) is 23.6 Å². The molecule has 0 amide bonds. The number of likely N-dealkylation sites (N-methyl/N-ethyl adjacent to an activating group) is 1. The highest BCUT2D eigenvalue weighted by molar-refractivity contribution is 5.97. The Hall–Kier alpha value is -1.55. The van der Waals surface area contributed by atoms with Crippen molar-refractivity contribution in [3.63, 3.8) is 0 Å². The quantitative estimate of drug-likeness (QED) is 0.839. The molecule has 4 nitrogen and oxygen atoms in total. The van der Waals surface area contributed by atoms with E-state index in [-0.39, 0.29) is 11.5 Å². The largest absolute Gasteiger partial charge is 0.507 e. The summed E-state index contributed by atoms with van der Waals surface area (Å²) in [6.07, 6.45) is 1.15. The Kier molecular flexibility index (Phi) is 4.65. The molecule has 0 aromatic heterocycles. The van der Waals surface area contributed by atoms with Gasteiger partial charge in [0.2, 0.25) is 0 Å². The zero-order valence-corrected chi connectivity index (χ0v) is 12.6. The van der Waals surface area contributed by atoms with E-state index in [1.807, 2.05) is 6.07 Å². The molecule has 0 radical (unpaired) electrons. The van der Waals surface area contributed by atoms with Crippen molar-refractivity contribution in [3.8, 4) is 5.75 Å². The number of anilines is 1. The minimum atomic E-state index is -0.100. The first kappa shape index (κ1) is 14.9. The second-order valence-corrected chi connectivity index (χ2v) is 5.37. The third kappa shape index (κ3) is 2.96. The molecule has 20 heavy (non-hydrogen) atoms. The molecule has 2 rings (SSSR count). The molecule has 1 aromatic carbocycles. The van der Waals surface area contributed by atoms with Gasteiger partial charge in [0, 0.05) is 30.9 Å². The molecule has 0 bridgehead atoms. The molecule has 1 aromatic rings. The number of hydrogen-bond acceptors (Lipinski definition) is 4. The van der Waals surface area contributed by atoms with Gasteiger partial charge in [0.1, 0.15) is 5.75 Å². The summed E-state index contributed by atoms with van der Waals surface area (Å²) in [5, 5.41) is 9.93. The Labute approximate surface area is 121 Å². The Balaban J connectivity index is 2.10. The molecule has 1 aliphatic rings. The summed E-state index contributed by atoms with van der Waals surface area (Å²) in [4.78, 5) is 16.1. The maximum absolute atomic E-state index is 11.3. The van der Waals surface area contributed by atoms with Crippen LogP contribution in [0.1, 0.15) is 37.6 Å². The van der Waals surface area contributed by atoms with E-state index in [1.54, 1.807) is 12.1 Å². The monoisotopic (exact) mass is 276 g/mol.